The fourth-order valence-electron chi connectivity index (χ4n) is 10.5. The highest BCUT2D eigenvalue weighted by molar-refractivity contribution is 5.79. The maximum Gasteiger partial charge on any atom is 0.133 e. The van der Waals surface area contributed by atoms with Gasteiger partial charge in [0, 0.05) is 30.8 Å². The number of fused-ring (bicyclic) bond motifs is 5. The van der Waals surface area contributed by atoms with Crippen molar-refractivity contribution in [1.29, 1.82) is 0 Å². The molecule has 0 aromatic heterocycles. The van der Waals surface area contributed by atoms with Gasteiger partial charge in [-0.1, -0.05) is 38.3 Å². The van der Waals surface area contributed by atoms with E-state index in [1.807, 2.05) is 0 Å². The molecule has 1 aromatic rings. The average Bonchev–Trinajstić information content (AvgIpc) is 3.33. The Kier molecular flexibility index (Phi) is 7.96. The van der Waals surface area contributed by atoms with E-state index in [0.717, 1.165) is 50.2 Å². The minimum Gasteiger partial charge on any atom is -0.494 e. The van der Waals surface area contributed by atoms with Crippen LogP contribution in [0.1, 0.15) is 122 Å². The molecule has 5 unspecified atom stereocenters. The quantitative estimate of drug-likeness (QED) is 0.346. The molecule has 8 atom stereocenters. The van der Waals surface area contributed by atoms with E-state index in [1.54, 1.807) is 0 Å². The lowest BCUT2D eigenvalue weighted by Gasteiger charge is -2.60. The Labute approximate surface area is 236 Å². The molecular weight excluding hydrogens is 482 g/mol. The number of ether oxygens (including phenoxy) is 1. The molecule has 5 saturated carbocycles. The Morgan fingerprint density at radius 2 is 1.87 bits per heavy atom. The van der Waals surface area contributed by atoms with Crippen LogP contribution in [0.25, 0.3) is 0 Å². The summed E-state index contributed by atoms with van der Waals surface area (Å²) in [5.74, 6) is 4.29. The standard InChI is InChI=1S/C35H51NO3/c1-24(36-28-8-4-3-5-9-28)25-7-6-10-30(21-25)39-20-19-35-18-16-32-31(33(35)14-12-27(35)23-37)13-11-26-22-29(38)15-17-34(26,32)2/h6-7,10,21,23-24,26-28,31-33,36H,3-5,8-9,11-20,22H2,1-2H3/t24?,26?,27-,31?,32?,33?,34+,35+/m1/s1. The van der Waals surface area contributed by atoms with E-state index in [2.05, 4.69) is 43.4 Å². The van der Waals surface area contributed by atoms with Crippen molar-refractivity contribution in [3.63, 3.8) is 0 Å². The van der Waals surface area contributed by atoms with Crippen molar-refractivity contribution in [2.45, 2.75) is 122 Å². The van der Waals surface area contributed by atoms with E-state index >= 15 is 0 Å². The highest BCUT2D eigenvalue weighted by Gasteiger charge is 2.61. The first-order valence-electron chi connectivity index (χ1n) is 16.4. The molecule has 1 aromatic carbocycles. The number of hydrogen-bond donors (Lipinski definition) is 1. The molecule has 5 fully saturated rings. The number of carbonyl (C=O) groups is 2. The Morgan fingerprint density at radius 1 is 1.03 bits per heavy atom. The van der Waals surface area contributed by atoms with Gasteiger partial charge in [0.25, 0.3) is 0 Å². The number of ketones is 1. The van der Waals surface area contributed by atoms with Crippen LogP contribution < -0.4 is 10.1 Å². The first-order valence-corrected chi connectivity index (χ1v) is 16.4. The average molecular weight is 534 g/mol. The van der Waals surface area contributed by atoms with Crippen molar-refractivity contribution < 1.29 is 14.3 Å². The van der Waals surface area contributed by atoms with Crippen LogP contribution in [0.15, 0.2) is 24.3 Å². The van der Waals surface area contributed by atoms with Gasteiger partial charge in [-0.25, -0.2) is 0 Å². The maximum absolute atomic E-state index is 12.4. The third kappa shape index (κ3) is 5.13. The maximum atomic E-state index is 12.4. The van der Waals surface area contributed by atoms with Crippen molar-refractivity contribution in [1.82, 2.24) is 5.32 Å². The number of nitrogens with one attached hydrogen (secondary N) is 1. The monoisotopic (exact) mass is 533 g/mol. The van der Waals surface area contributed by atoms with Crippen molar-refractivity contribution in [2.75, 3.05) is 6.61 Å². The minimum atomic E-state index is 0.101. The first-order chi connectivity index (χ1) is 18.9. The van der Waals surface area contributed by atoms with Crippen LogP contribution >= 0.6 is 0 Å². The molecule has 5 aliphatic carbocycles. The second-order valence-electron chi connectivity index (χ2n) is 14.4. The van der Waals surface area contributed by atoms with E-state index in [0.29, 0.717) is 47.6 Å². The summed E-state index contributed by atoms with van der Waals surface area (Å²) < 4.78 is 6.46. The first kappa shape index (κ1) is 27.5. The van der Waals surface area contributed by atoms with Crippen LogP contribution in [0, 0.1) is 40.4 Å². The fraction of sp³-hybridized carbons (Fsp3) is 0.771. The Bertz CT molecular complexity index is 1030. The van der Waals surface area contributed by atoms with Gasteiger partial charge in [-0.2, -0.15) is 0 Å². The number of rotatable bonds is 8. The van der Waals surface area contributed by atoms with Crippen molar-refractivity contribution in [2.24, 2.45) is 40.4 Å². The SMILES string of the molecule is CC(NC1CCCCC1)c1cccc(OCC[C@]23CCC4C(CCC5CC(=O)CC[C@@]54C)C2CC[C@@H]3C=O)c1. The zero-order valence-electron chi connectivity index (χ0n) is 24.5. The molecule has 0 aliphatic heterocycles. The van der Waals surface area contributed by atoms with E-state index in [9.17, 15) is 9.59 Å². The van der Waals surface area contributed by atoms with Crippen LogP contribution in [0.2, 0.25) is 0 Å². The topological polar surface area (TPSA) is 55.4 Å². The van der Waals surface area contributed by atoms with Crippen LogP contribution in [0.5, 0.6) is 5.75 Å². The normalized spacial score (nSPS) is 39.3. The third-order valence-electron chi connectivity index (χ3n) is 12.7. The molecule has 0 heterocycles. The van der Waals surface area contributed by atoms with E-state index in [1.165, 1.54) is 69.6 Å². The number of benzene rings is 1. The number of hydrogen-bond acceptors (Lipinski definition) is 4. The van der Waals surface area contributed by atoms with Gasteiger partial charge in [-0.15, -0.1) is 0 Å². The lowest BCUT2D eigenvalue weighted by molar-refractivity contribution is -0.144. The van der Waals surface area contributed by atoms with Gasteiger partial charge in [-0.3, -0.25) is 4.79 Å². The van der Waals surface area contributed by atoms with Gasteiger partial charge >= 0.3 is 0 Å². The number of carbonyl (C=O) groups excluding carboxylic acids is 2. The summed E-state index contributed by atoms with van der Waals surface area (Å²) in [5, 5.41) is 3.85. The largest absolute Gasteiger partial charge is 0.494 e. The molecule has 0 saturated heterocycles. The number of Topliss-reactive ketones (excluding diaryl/α,β-unsaturated/α-hetero) is 1. The zero-order valence-corrected chi connectivity index (χ0v) is 24.5. The van der Waals surface area contributed by atoms with E-state index in [-0.39, 0.29) is 11.3 Å². The summed E-state index contributed by atoms with van der Waals surface area (Å²) >= 11 is 0. The molecule has 0 amide bonds. The minimum absolute atomic E-state index is 0.101. The summed E-state index contributed by atoms with van der Waals surface area (Å²) in [4.78, 5) is 24.6. The second-order valence-corrected chi connectivity index (χ2v) is 14.4. The molecule has 214 valence electrons. The summed E-state index contributed by atoms with van der Waals surface area (Å²) in [6, 6.07) is 9.65. The lowest BCUT2D eigenvalue weighted by Crippen LogP contribution is -2.54. The summed E-state index contributed by atoms with van der Waals surface area (Å²) in [6.07, 6.45) is 18.7. The van der Waals surface area contributed by atoms with E-state index in [4.69, 9.17) is 4.74 Å². The van der Waals surface area contributed by atoms with Crippen molar-refractivity contribution in [3.05, 3.63) is 29.8 Å². The van der Waals surface area contributed by atoms with Crippen LogP contribution in [0.4, 0.5) is 0 Å². The smallest absolute Gasteiger partial charge is 0.133 e. The molecular formula is C35H51NO3. The van der Waals surface area contributed by atoms with Crippen molar-refractivity contribution in [3.8, 4) is 5.75 Å². The van der Waals surface area contributed by atoms with Gasteiger partial charge in [0.1, 0.15) is 17.8 Å². The third-order valence-corrected chi connectivity index (χ3v) is 12.7. The van der Waals surface area contributed by atoms with Crippen LogP contribution in [-0.2, 0) is 9.59 Å². The fourth-order valence-corrected chi connectivity index (χ4v) is 10.5. The van der Waals surface area contributed by atoms with Crippen LogP contribution in [0.3, 0.4) is 0 Å². The summed E-state index contributed by atoms with van der Waals surface area (Å²) in [5.41, 5.74) is 1.73. The zero-order chi connectivity index (χ0) is 27.0. The van der Waals surface area contributed by atoms with Gasteiger partial charge in [-0.05, 0) is 123 Å². The second kappa shape index (κ2) is 11.3. The Balaban J connectivity index is 1.12. The van der Waals surface area contributed by atoms with Crippen molar-refractivity contribution >= 4 is 12.1 Å². The predicted octanol–water partition coefficient (Wildman–Crippen LogP) is 7.85. The molecule has 6 rings (SSSR count). The van der Waals surface area contributed by atoms with E-state index < -0.39 is 0 Å². The molecule has 4 nitrogen and oxygen atoms in total. The lowest BCUT2D eigenvalue weighted by atomic mass is 9.44. The molecule has 1 N–H and O–H groups in total. The van der Waals surface area contributed by atoms with Gasteiger partial charge < -0.3 is 14.8 Å². The van der Waals surface area contributed by atoms with Crippen LogP contribution in [-0.4, -0.2) is 24.7 Å². The molecule has 39 heavy (non-hydrogen) atoms. The summed E-state index contributed by atoms with van der Waals surface area (Å²) in [7, 11) is 0. The molecule has 0 spiro atoms. The molecule has 0 radical (unpaired) electrons. The molecule has 4 heteroatoms. The molecule has 5 aliphatic rings. The highest BCUT2D eigenvalue weighted by atomic mass is 16.5. The number of aldehydes is 1. The van der Waals surface area contributed by atoms with Gasteiger partial charge in [0.15, 0.2) is 0 Å². The summed E-state index contributed by atoms with van der Waals surface area (Å²) in [6.45, 7) is 5.49. The highest BCUT2D eigenvalue weighted by Crippen LogP contribution is 2.68. The Hall–Kier alpha value is -1.68. The van der Waals surface area contributed by atoms with Gasteiger partial charge in [0.05, 0.1) is 6.61 Å². The predicted molar refractivity (Wildman–Crippen MR) is 156 cm³/mol. The van der Waals surface area contributed by atoms with Gasteiger partial charge in [0.2, 0.25) is 0 Å². The molecule has 0 bridgehead atoms. The Morgan fingerprint density at radius 3 is 2.69 bits per heavy atom.